The van der Waals surface area contributed by atoms with Crippen LogP contribution in [0.3, 0.4) is 0 Å². The molecule has 2 N–H and O–H groups in total. The second-order valence-corrected chi connectivity index (χ2v) is 3.79. The first-order valence-electron chi connectivity index (χ1n) is 3.71. The van der Waals surface area contributed by atoms with Gasteiger partial charge in [0.15, 0.2) is 0 Å². The van der Waals surface area contributed by atoms with E-state index in [0.717, 1.165) is 11.1 Å². The van der Waals surface area contributed by atoms with Gasteiger partial charge in [0.1, 0.15) is 5.82 Å². The van der Waals surface area contributed by atoms with E-state index in [4.69, 9.17) is 17.3 Å². The van der Waals surface area contributed by atoms with Crippen molar-refractivity contribution < 1.29 is 0 Å². The van der Waals surface area contributed by atoms with E-state index in [1.165, 1.54) is 0 Å². The van der Waals surface area contributed by atoms with E-state index in [2.05, 4.69) is 4.98 Å². The predicted octanol–water partition coefficient (Wildman–Crippen LogP) is 3.05. The minimum atomic E-state index is 0.448. The number of thiophene rings is 1. The highest BCUT2D eigenvalue weighted by Gasteiger charge is 2.04. The molecule has 0 fully saturated rings. The fourth-order valence-electron chi connectivity index (χ4n) is 1.08. The van der Waals surface area contributed by atoms with Gasteiger partial charge in [-0.05, 0) is 28.5 Å². The number of pyridine rings is 1. The van der Waals surface area contributed by atoms with E-state index in [1.807, 2.05) is 16.8 Å². The first kappa shape index (κ1) is 8.53. The third kappa shape index (κ3) is 1.66. The summed E-state index contributed by atoms with van der Waals surface area (Å²) < 4.78 is 0. The third-order valence-electron chi connectivity index (χ3n) is 1.71. The van der Waals surface area contributed by atoms with Gasteiger partial charge in [-0.15, -0.1) is 0 Å². The summed E-state index contributed by atoms with van der Waals surface area (Å²) in [5, 5.41) is 4.67. The maximum Gasteiger partial charge on any atom is 0.124 e. The molecule has 0 aromatic carbocycles. The van der Waals surface area contributed by atoms with Crippen LogP contribution < -0.4 is 5.73 Å². The number of nitrogens with zero attached hydrogens (tertiary/aromatic N) is 1. The lowest BCUT2D eigenvalue weighted by Gasteiger charge is -2.01. The summed E-state index contributed by atoms with van der Waals surface area (Å²) in [7, 11) is 0. The standard InChI is InChI=1S/C9H7ClN2S/c10-8-3-9(11)12-4-7(8)6-1-2-13-5-6/h1-5H,(H2,11,12). The van der Waals surface area contributed by atoms with Crippen LogP contribution in [-0.2, 0) is 0 Å². The zero-order valence-electron chi connectivity index (χ0n) is 6.70. The second-order valence-electron chi connectivity index (χ2n) is 2.60. The molecule has 4 heteroatoms. The van der Waals surface area contributed by atoms with Gasteiger partial charge in [0.05, 0.1) is 5.02 Å². The molecular weight excluding hydrogens is 204 g/mol. The van der Waals surface area contributed by atoms with Crippen molar-refractivity contribution in [3.05, 3.63) is 34.1 Å². The number of nitrogens with two attached hydrogens (primary N) is 1. The van der Waals surface area contributed by atoms with Gasteiger partial charge in [0.2, 0.25) is 0 Å². The Morgan fingerprint density at radius 3 is 2.92 bits per heavy atom. The molecule has 2 heterocycles. The maximum atomic E-state index is 6.01. The molecule has 2 rings (SSSR count). The Morgan fingerprint density at radius 1 is 1.46 bits per heavy atom. The molecular formula is C9H7ClN2S. The topological polar surface area (TPSA) is 38.9 Å². The molecule has 0 amide bonds. The molecule has 0 unspecified atom stereocenters. The van der Waals surface area contributed by atoms with Crippen LogP contribution in [0, 0.1) is 0 Å². The molecule has 0 spiro atoms. The van der Waals surface area contributed by atoms with Gasteiger partial charge >= 0.3 is 0 Å². The van der Waals surface area contributed by atoms with Crippen LogP contribution in [0.1, 0.15) is 0 Å². The molecule has 0 saturated carbocycles. The fourth-order valence-corrected chi connectivity index (χ4v) is 2.00. The third-order valence-corrected chi connectivity index (χ3v) is 2.70. The molecule has 0 aliphatic heterocycles. The molecule has 0 aliphatic carbocycles. The Kier molecular flexibility index (Phi) is 2.20. The monoisotopic (exact) mass is 210 g/mol. The first-order valence-corrected chi connectivity index (χ1v) is 5.03. The lowest BCUT2D eigenvalue weighted by Crippen LogP contribution is -1.89. The SMILES string of the molecule is Nc1cc(Cl)c(-c2ccsc2)cn1. The number of rotatable bonds is 1. The van der Waals surface area contributed by atoms with Crippen LogP contribution in [0.15, 0.2) is 29.1 Å². The average molecular weight is 211 g/mol. The minimum absolute atomic E-state index is 0.448. The lowest BCUT2D eigenvalue weighted by molar-refractivity contribution is 1.34. The van der Waals surface area contributed by atoms with Gasteiger partial charge in [-0.25, -0.2) is 4.98 Å². The molecule has 13 heavy (non-hydrogen) atoms. The smallest absolute Gasteiger partial charge is 0.124 e. The second kappa shape index (κ2) is 3.36. The molecule has 2 nitrogen and oxygen atoms in total. The molecule has 0 aliphatic rings. The molecule has 0 atom stereocenters. The summed E-state index contributed by atoms with van der Waals surface area (Å²) in [5.41, 5.74) is 7.50. The quantitative estimate of drug-likeness (QED) is 0.786. The van der Waals surface area contributed by atoms with Crippen LogP contribution >= 0.6 is 22.9 Å². The summed E-state index contributed by atoms with van der Waals surface area (Å²) in [5.74, 6) is 0.448. The summed E-state index contributed by atoms with van der Waals surface area (Å²) in [6.45, 7) is 0. The van der Waals surface area contributed by atoms with E-state index in [1.54, 1.807) is 23.6 Å². The zero-order valence-corrected chi connectivity index (χ0v) is 8.27. The van der Waals surface area contributed by atoms with E-state index in [-0.39, 0.29) is 0 Å². The predicted molar refractivity (Wildman–Crippen MR) is 57.0 cm³/mol. The first-order chi connectivity index (χ1) is 6.27. The van der Waals surface area contributed by atoms with Crippen LogP contribution in [-0.4, -0.2) is 4.98 Å². The largest absolute Gasteiger partial charge is 0.384 e. The zero-order chi connectivity index (χ0) is 9.26. The number of anilines is 1. The van der Waals surface area contributed by atoms with Crippen LogP contribution in [0.2, 0.25) is 5.02 Å². The van der Waals surface area contributed by atoms with Gasteiger partial charge in [0.25, 0.3) is 0 Å². The summed E-state index contributed by atoms with van der Waals surface area (Å²) in [6, 6.07) is 3.66. The molecule has 66 valence electrons. The number of hydrogen-bond acceptors (Lipinski definition) is 3. The van der Waals surface area contributed by atoms with Crippen LogP contribution in [0.4, 0.5) is 5.82 Å². The van der Waals surface area contributed by atoms with Crippen LogP contribution in [0.5, 0.6) is 0 Å². The Hall–Kier alpha value is -1.06. The fraction of sp³-hybridized carbons (Fsp3) is 0. The lowest BCUT2D eigenvalue weighted by atomic mass is 10.1. The summed E-state index contributed by atoms with van der Waals surface area (Å²) >= 11 is 7.64. The van der Waals surface area contributed by atoms with E-state index in [9.17, 15) is 0 Å². The number of nitrogen functional groups attached to an aromatic ring is 1. The van der Waals surface area contributed by atoms with Crippen molar-refractivity contribution in [2.24, 2.45) is 0 Å². The van der Waals surface area contributed by atoms with Gasteiger partial charge in [0, 0.05) is 11.8 Å². The number of hydrogen-bond donors (Lipinski definition) is 1. The highest BCUT2D eigenvalue weighted by Crippen LogP contribution is 2.29. The van der Waals surface area contributed by atoms with E-state index in [0.29, 0.717) is 10.8 Å². The Morgan fingerprint density at radius 2 is 2.31 bits per heavy atom. The van der Waals surface area contributed by atoms with Crippen molar-refractivity contribution in [3.63, 3.8) is 0 Å². The van der Waals surface area contributed by atoms with Crippen molar-refractivity contribution in [1.82, 2.24) is 4.98 Å². The normalized spacial score (nSPS) is 10.2. The molecule has 2 aromatic heterocycles. The van der Waals surface area contributed by atoms with Gasteiger partial charge < -0.3 is 5.73 Å². The van der Waals surface area contributed by atoms with Crippen molar-refractivity contribution in [2.45, 2.75) is 0 Å². The Balaban J connectivity index is 2.53. The number of aromatic nitrogens is 1. The van der Waals surface area contributed by atoms with Crippen molar-refractivity contribution in [3.8, 4) is 11.1 Å². The van der Waals surface area contributed by atoms with Crippen molar-refractivity contribution in [1.29, 1.82) is 0 Å². The average Bonchev–Trinajstić information content (AvgIpc) is 2.56. The summed E-state index contributed by atoms with van der Waals surface area (Å²) in [6.07, 6.45) is 1.69. The highest BCUT2D eigenvalue weighted by atomic mass is 35.5. The molecule has 0 bridgehead atoms. The van der Waals surface area contributed by atoms with Crippen LogP contribution in [0.25, 0.3) is 11.1 Å². The number of halogens is 1. The molecule has 0 saturated heterocycles. The van der Waals surface area contributed by atoms with E-state index < -0.39 is 0 Å². The molecule has 0 radical (unpaired) electrons. The molecule has 2 aromatic rings. The van der Waals surface area contributed by atoms with Crippen molar-refractivity contribution >= 4 is 28.8 Å². The van der Waals surface area contributed by atoms with Gasteiger partial charge in [-0.1, -0.05) is 11.6 Å². The van der Waals surface area contributed by atoms with Gasteiger partial charge in [-0.3, -0.25) is 0 Å². The minimum Gasteiger partial charge on any atom is -0.384 e. The summed E-state index contributed by atoms with van der Waals surface area (Å²) in [4.78, 5) is 3.99. The van der Waals surface area contributed by atoms with Gasteiger partial charge in [-0.2, -0.15) is 11.3 Å². The highest BCUT2D eigenvalue weighted by molar-refractivity contribution is 7.08. The Bertz CT molecular complexity index is 412. The Labute approximate surface area is 85.0 Å². The van der Waals surface area contributed by atoms with E-state index >= 15 is 0 Å². The maximum absolute atomic E-state index is 6.01. The van der Waals surface area contributed by atoms with Crippen molar-refractivity contribution in [2.75, 3.05) is 5.73 Å².